The molecule has 1 aromatic rings. The first-order valence-electron chi connectivity index (χ1n) is 8.30. The monoisotopic (exact) mass is 380 g/mol. The molecular formula is C18H25BrN2O2. The number of halogens is 1. The van der Waals surface area contributed by atoms with E-state index in [4.69, 9.17) is 0 Å². The average Bonchev–Trinajstić information content (AvgIpc) is 2.76. The molecule has 1 saturated carbocycles. The standard InChI is InChI=1S/C18H25BrN2O2/c1-13-9-10-17(16(19)11-13)20-18(23)12-21(14(2)22)15-7-5-3-4-6-8-15/h9-11,15H,3-8,12H2,1-2H3,(H,20,23). The third-order valence-corrected chi connectivity index (χ3v) is 5.04. The van der Waals surface area contributed by atoms with Crippen LogP contribution in [0, 0.1) is 6.92 Å². The molecule has 1 fully saturated rings. The van der Waals surface area contributed by atoms with Gasteiger partial charge in [-0.3, -0.25) is 9.59 Å². The first-order valence-corrected chi connectivity index (χ1v) is 9.10. The Hall–Kier alpha value is -1.36. The van der Waals surface area contributed by atoms with E-state index in [1.165, 1.54) is 12.8 Å². The summed E-state index contributed by atoms with van der Waals surface area (Å²) >= 11 is 3.46. The number of rotatable bonds is 4. The third-order valence-electron chi connectivity index (χ3n) is 4.38. The molecule has 0 aliphatic heterocycles. The Morgan fingerprint density at radius 2 is 1.87 bits per heavy atom. The number of amides is 2. The summed E-state index contributed by atoms with van der Waals surface area (Å²) in [5, 5.41) is 2.90. The van der Waals surface area contributed by atoms with Crippen molar-refractivity contribution in [1.82, 2.24) is 4.90 Å². The SMILES string of the molecule is CC(=O)N(CC(=O)Nc1ccc(C)cc1Br)C1CCCCCC1. The van der Waals surface area contributed by atoms with Gasteiger partial charge in [-0.15, -0.1) is 0 Å². The van der Waals surface area contributed by atoms with Crippen LogP contribution in [0.4, 0.5) is 5.69 Å². The molecule has 0 heterocycles. The van der Waals surface area contributed by atoms with Gasteiger partial charge in [-0.25, -0.2) is 0 Å². The lowest BCUT2D eigenvalue weighted by Crippen LogP contribution is -2.43. The fourth-order valence-electron chi connectivity index (χ4n) is 3.13. The van der Waals surface area contributed by atoms with Crippen molar-refractivity contribution >= 4 is 33.4 Å². The number of carbonyl (C=O) groups excluding carboxylic acids is 2. The van der Waals surface area contributed by atoms with Crippen molar-refractivity contribution in [2.45, 2.75) is 58.4 Å². The number of hydrogen-bond acceptors (Lipinski definition) is 2. The van der Waals surface area contributed by atoms with Gasteiger partial charge in [-0.2, -0.15) is 0 Å². The first kappa shape index (κ1) is 18.0. The van der Waals surface area contributed by atoms with Gasteiger partial charge in [0, 0.05) is 17.4 Å². The lowest BCUT2D eigenvalue weighted by Gasteiger charge is -2.29. The van der Waals surface area contributed by atoms with Crippen molar-refractivity contribution < 1.29 is 9.59 Å². The van der Waals surface area contributed by atoms with Crippen LogP contribution in [-0.2, 0) is 9.59 Å². The maximum Gasteiger partial charge on any atom is 0.244 e. The minimum Gasteiger partial charge on any atom is -0.331 e. The van der Waals surface area contributed by atoms with Crippen LogP contribution in [0.2, 0.25) is 0 Å². The highest BCUT2D eigenvalue weighted by Crippen LogP contribution is 2.24. The summed E-state index contributed by atoms with van der Waals surface area (Å²) in [6.07, 6.45) is 6.73. The zero-order valence-electron chi connectivity index (χ0n) is 13.9. The molecule has 1 aliphatic rings. The predicted molar refractivity (Wildman–Crippen MR) is 96.4 cm³/mol. The number of nitrogens with one attached hydrogen (secondary N) is 1. The van der Waals surface area contributed by atoms with Crippen molar-refractivity contribution in [3.05, 3.63) is 28.2 Å². The minimum atomic E-state index is -0.144. The Balaban J connectivity index is 2.01. The summed E-state index contributed by atoms with van der Waals surface area (Å²) < 4.78 is 0.856. The van der Waals surface area contributed by atoms with E-state index in [-0.39, 0.29) is 24.4 Å². The van der Waals surface area contributed by atoms with Crippen LogP contribution in [0.5, 0.6) is 0 Å². The molecule has 23 heavy (non-hydrogen) atoms. The van der Waals surface area contributed by atoms with Crippen LogP contribution < -0.4 is 5.32 Å². The fourth-order valence-corrected chi connectivity index (χ4v) is 3.73. The topological polar surface area (TPSA) is 49.4 Å². The van der Waals surface area contributed by atoms with Crippen LogP contribution in [-0.4, -0.2) is 29.3 Å². The van der Waals surface area contributed by atoms with Gasteiger partial charge in [0.2, 0.25) is 11.8 Å². The number of benzene rings is 1. The van der Waals surface area contributed by atoms with Gasteiger partial charge < -0.3 is 10.2 Å². The summed E-state index contributed by atoms with van der Waals surface area (Å²) in [6, 6.07) is 5.99. The summed E-state index contributed by atoms with van der Waals surface area (Å²) in [5.74, 6) is -0.163. The van der Waals surface area contributed by atoms with Gasteiger partial charge in [0.1, 0.15) is 6.54 Å². The number of anilines is 1. The Kier molecular flexibility index (Phi) is 6.63. The molecule has 0 spiro atoms. The number of hydrogen-bond donors (Lipinski definition) is 1. The van der Waals surface area contributed by atoms with Crippen molar-refractivity contribution in [2.75, 3.05) is 11.9 Å². The molecule has 0 aromatic heterocycles. The maximum atomic E-state index is 12.4. The average molecular weight is 381 g/mol. The van der Waals surface area contributed by atoms with Gasteiger partial charge in [-0.1, -0.05) is 31.7 Å². The number of carbonyl (C=O) groups is 2. The molecule has 1 aliphatic carbocycles. The van der Waals surface area contributed by atoms with Crippen LogP contribution in [0.25, 0.3) is 0 Å². The van der Waals surface area contributed by atoms with Gasteiger partial charge in [0.05, 0.1) is 5.69 Å². The maximum absolute atomic E-state index is 12.4. The molecule has 5 heteroatoms. The second kappa shape index (κ2) is 8.48. The van der Waals surface area contributed by atoms with Crippen LogP contribution in [0.3, 0.4) is 0 Å². The highest BCUT2D eigenvalue weighted by atomic mass is 79.9. The third kappa shape index (κ3) is 5.34. The van der Waals surface area contributed by atoms with E-state index in [1.54, 1.807) is 11.8 Å². The summed E-state index contributed by atoms with van der Waals surface area (Å²) in [5.41, 5.74) is 1.86. The molecule has 4 nitrogen and oxygen atoms in total. The van der Waals surface area contributed by atoms with Crippen molar-refractivity contribution in [1.29, 1.82) is 0 Å². The van der Waals surface area contributed by atoms with E-state index in [0.29, 0.717) is 0 Å². The lowest BCUT2D eigenvalue weighted by molar-refractivity contribution is -0.135. The predicted octanol–water partition coefficient (Wildman–Crippen LogP) is 4.27. The van der Waals surface area contributed by atoms with Crippen molar-refractivity contribution in [3.63, 3.8) is 0 Å². The van der Waals surface area contributed by atoms with Crippen molar-refractivity contribution in [3.8, 4) is 0 Å². The molecule has 0 radical (unpaired) electrons. The summed E-state index contributed by atoms with van der Waals surface area (Å²) in [4.78, 5) is 26.1. The van der Waals surface area contributed by atoms with E-state index >= 15 is 0 Å². The molecule has 1 N–H and O–H groups in total. The van der Waals surface area contributed by atoms with E-state index in [9.17, 15) is 9.59 Å². The molecule has 0 bridgehead atoms. The lowest BCUT2D eigenvalue weighted by atomic mass is 10.1. The summed E-state index contributed by atoms with van der Waals surface area (Å²) in [7, 11) is 0. The Labute approximate surface area is 146 Å². The van der Waals surface area contributed by atoms with Crippen LogP contribution in [0.1, 0.15) is 51.0 Å². The molecule has 126 valence electrons. The normalized spacial score (nSPS) is 15.8. The van der Waals surface area contributed by atoms with E-state index in [1.807, 2.05) is 25.1 Å². The zero-order valence-corrected chi connectivity index (χ0v) is 15.5. The molecule has 2 amide bonds. The molecule has 0 saturated heterocycles. The second-order valence-electron chi connectivity index (χ2n) is 6.32. The fraction of sp³-hybridized carbons (Fsp3) is 0.556. The van der Waals surface area contributed by atoms with Crippen LogP contribution in [0.15, 0.2) is 22.7 Å². The molecule has 0 atom stereocenters. The van der Waals surface area contributed by atoms with Crippen LogP contribution >= 0.6 is 15.9 Å². The number of nitrogens with zero attached hydrogens (tertiary/aromatic N) is 1. The Morgan fingerprint density at radius 3 is 2.43 bits per heavy atom. The molecule has 1 aromatic carbocycles. The van der Waals surface area contributed by atoms with E-state index < -0.39 is 0 Å². The second-order valence-corrected chi connectivity index (χ2v) is 7.18. The van der Waals surface area contributed by atoms with Gasteiger partial charge in [0.15, 0.2) is 0 Å². The zero-order chi connectivity index (χ0) is 16.8. The quantitative estimate of drug-likeness (QED) is 0.792. The smallest absolute Gasteiger partial charge is 0.244 e. The van der Waals surface area contributed by atoms with Gasteiger partial charge in [-0.05, 0) is 53.4 Å². The van der Waals surface area contributed by atoms with Gasteiger partial charge in [0.25, 0.3) is 0 Å². The highest BCUT2D eigenvalue weighted by Gasteiger charge is 2.24. The minimum absolute atomic E-state index is 0.0185. The molecule has 2 rings (SSSR count). The molecule has 0 unspecified atom stereocenters. The van der Waals surface area contributed by atoms with E-state index in [0.717, 1.165) is 41.4 Å². The Morgan fingerprint density at radius 1 is 1.22 bits per heavy atom. The number of aryl methyl sites for hydroxylation is 1. The largest absolute Gasteiger partial charge is 0.331 e. The first-order chi connectivity index (χ1) is 11.0. The Bertz CT molecular complexity index is 566. The van der Waals surface area contributed by atoms with E-state index in [2.05, 4.69) is 21.2 Å². The van der Waals surface area contributed by atoms with Gasteiger partial charge >= 0.3 is 0 Å². The van der Waals surface area contributed by atoms with Crippen molar-refractivity contribution in [2.24, 2.45) is 0 Å². The summed E-state index contributed by atoms with van der Waals surface area (Å²) in [6.45, 7) is 3.68. The highest BCUT2D eigenvalue weighted by molar-refractivity contribution is 9.10. The molecular weight excluding hydrogens is 356 g/mol.